The Kier molecular flexibility index (Phi) is 5.22. The van der Waals surface area contributed by atoms with Gasteiger partial charge < -0.3 is 10.2 Å². The van der Waals surface area contributed by atoms with Crippen LogP contribution in [0.25, 0.3) is 0 Å². The number of carbonyl (C=O) groups excluding carboxylic acids is 1. The van der Waals surface area contributed by atoms with E-state index in [-0.39, 0.29) is 11.3 Å². The zero-order valence-electron chi connectivity index (χ0n) is 12.9. The number of nitrogens with one attached hydrogen (secondary N) is 1. The molecule has 0 unspecified atom stereocenters. The summed E-state index contributed by atoms with van der Waals surface area (Å²) in [4.78, 5) is 16.7. The molecule has 2 heterocycles. The van der Waals surface area contributed by atoms with Crippen LogP contribution in [0.1, 0.15) is 49.8 Å². The highest BCUT2D eigenvalue weighted by Gasteiger charge is 2.17. The number of thiophene rings is 1. The lowest BCUT2D eigenvalue weighted by Crippen LogP contribution is -2.40. The summed E-state index contributed by atoms with van der Waals surface area (Å²) in [6.45, 7) is 9.83. The van der Waals surface area contributed by atoms with E-state index in [4.69, 9.17) is 0 Å². The zero-order chi connectivity index (χ0) is 14.6. The minimum atomic E-state index is 0.215. The van der Waals surface area contributed by atoms with E-state index in [2.05, 4.69) is 38.2 Å². The van der Waals surface area contributed by atoms with E-state index in [0.29, 0.717) is 6.54 Å². The van der Waals surface area contributed by atoms with Crippen molar-refractivity contribution in [2.24, 2.45) is 0 Å². The molecule has 0 saturated carbocycles. The van der Waals surface area contributed by atoms with E-state index in [1.807, 2.05) is 16.2 Å². The van der Waals surface area contributed by atoms with Crippen LogP contribution in [-0.4, -0.2) is 30.4 Å². The van der Waals surface area contributed by atoms with E-state index in [1.165, 1.54) is 16.2 Å². The van der Waals surface area contributed by atoms with Gasteiger partial charge in [0.25, 0.3) is 0 Å². The monoisotopic (exact) mass is 294 g/mol. The Morgan fingerprint density at radius 3 is 2.55 bits per heavy atom. The van der Waals surface area contributed by atoms with Crippen molar-refractivity contribution in [2.45, 2.75) is 52.0 Å². The molecule has 0 aliphatic carbocycles. The number of piperidine rings is 1. The van der Waals surface area contributed by atoms with Crippen LogP contribution >= 0.6 is 11.3 Å². The normalized spacial score (nSPS) is 16.4. The van der Waals surface area contributed by atoms with Gasteiger partial charge in [0.05, 0.1) is 6.54 Å². The maximum Gasteiger partial charge on any atom is 0.236 e. The van der Waals surface area contributed by atoms with Crippen LogP contribution in [0, 0.1) is 0 Å². The Morgan fingerprint density at radius 2 is 1.95 bits per heavy atom. The summed E-state index contributed by atoms with van der Waals surface area (Å²) in [6, 6.07) is 4.37. The maximum absolute atomic E-state index is 12.0. The third-order valence-corrected chi connectivity index (χ3v) is 5.20. The molecule has 1 saturated heterocycles. The topological polar surface area (TPSA) is 32.3 Å². The number of amides is 1. The van der Waals surface area contributed by atoms with Crippen molar-refractivity contribution in [1.82, 2.24) is 10.2 Å². The summed E-state index contributed by atoms with van der Waals surface area (Å²) < 4.78 is 0. The standard InChI is InChI=1S/C16H26N2OS/c1-16(2,3)14-8-7-13(20-14)11-17-12-15(19)18-9-5-4-6-10-18/h7-8,17H,4-6,9-12H2,1-3H3. The van der Waals surface area contributed by atoms with Crippen molar-refractivity contribution < 1.29 is 4.79 Å². The van der Waals surface area contributed by atoms with E-state index in [9.17, 15) is 4.79 Å². The molecule has 0 aromatic carbocycles. The van der Waals surface area contributed by atoms with Crippen molar-refractivity contribution in [3.8, 4) is 0 Å². The van der Waals surface area contributed by atoms with E-state index < -0.39 is 0 Å². The first-order valence-corrected chi connectivity index (χ1v) is 8.36. The molecule has 1 fully saturated rings. The van der Waals surface area contributed by atoms with Crippen LogP contribution in [0.3, 0.4) is 0 Å². The van der Waals surface area contributed by atoms with Gasteiger partial charge in [-0.3, -0.25) is 4.79 Å². The number of carbonyl (C=O) groups is 1. The van der Waals surface area contributed by atoms with Crippen molar-refractivity contribution in [3.63, 3.8) is 0 Å². The summed E-state index contributed by atoms with van der Waals surface area (Å²) in [5, 5.41) is 3.28. The minimum Gasteiger partial charge on any atom is -0.342 e. The van der Waals surface area contributed by atoms with Gasteiger partial charge in [0.15, 0.2) is 0 Å². The predicted octanol–water partition coefficient (Wildman–Crippen LogP) is 3.15. The smallest absolute Gasteiger partial charge is 0.236 e. The first kappa shape index (κ1) is 15.5. The van der Waals surface area contributed by atoms with Gasteiger partial charge in [0.1, 0.15) is 0 Å². The van der Waals surface area contributed by atoms with Gasteiger partial charge in [-0.15, -0.1) is 11.3 Å². The summed E-state index contributed by atoms with van der Waals surface area (Å²) in [5.41, 5.74) is 0.215. The first-order valence-electron chi connectivity index (χ1n) is 7.54. The molecule has 1 aromatic heterocycles. The molecule has 2 rings (SSSR count). The number of likely N-dealkylation sites (tertiary alicyclic amines) is 1. The van der Waals surface area contributed by atoms with Gasteiger partial charge >= 0.3 is 0 Å². The van der Waals surface area contributed by atoms with Crippen LogP contribution in [0.2, 0.25) is 0 Å². The number of hydrogen-bond acceptors (Lipinski definition) is 3. The van der Waals surface area contributed by atoms with Crippen molar-refractivity contribution in [2.75, 3.05) is 19.6 Å². The average molecular weight is 294 g/mol. The number of nitrogens with zero attached hydrogens (tertiary/aromatic N) is 1. The Hall–Kier alpha value is -0.870. The fourth-order valence-corrected chi connectivity index (χ4v) is 3.46. The largest absolute Gasteiger partial charge is 0.342 e. The second-order valence-corrected chi connectivity index (χ2v) is 7.73. The van der Waals surface area contributed by atoms with Crippen molar-refractivity contribution in [3.05, 3.63) is 21.9 Å². The first-order chi connectivity index (χ1) is 9.47. The van der Waals surface area contributed by atoms with Crippen molar-refractivity contribution in [1.29, 1.82) is 0 Å². The Balaban J connectivity index is 1.75. The Morgan fingerprint density at radius 1 is 1.25 bits per heavy atom. The van der Waals surface area contributed by atoms with Crippen LogP contribution in [0.5, 0.6) is 0 Å². The molecule has 0 radical (unpaired) electrons. The second-order valence-electron chi connectivity index (χ2n) is 6.56. The number of rotatable bonds is 4. The molecule has 4 heteroatoms. The molecule has 1 amide bonds. The van der Waals surface area contributed by atoms with E-state index in [0.717, 1.165) is 32.5 Å². The van der Waals surface area contributed by atoms with E-state index in [1.54, 1.807) is 0 Å². The lowest BCUT2D eigenvalue weighted by molar-refractivity contribution is -0.131. The van der Waals surface area contributed by atoms with Crippen LogP contribution < -0.4 is 5.32 Å². The SMILES string of the molecule is CC(C)(C)c1ccc(CNCC(=O)N2CCCCC2)s1. The van der Waals surface area contributed by atoms with Crippen molar-refractivity contribution >= 4 is 17.2 Å². The molecule has 3 nitrogen and oxygen atoms in total. The molecular weight excluding hydrogens is 268 g/mol. The van der Waals surface area contributed by atoms with Gasteiger partial charge in [-0.2, -0.15) is 0 Å². The third-order valence-electron chi connectivity index (χ3n) is 3.69. The van der Waals surface area contributed by atoms with Crippen LogP contribution in [0.4, 0.5) is 0 Å². The average Bonchev–Trinajstić information content (AvgIpc) is 2.88. The highest BCUT2D eigenvalue weighted by molar-refractivity contribution is 7.12. The molecule has 20 heavy (non-hydrogen) atoms. The highest BCUT2D eigenvalue weighted by Crippen LogP contribution is 2.29. The summed E-state index contributed by atoms with van der Waals surface area (Å²) in [5.74, 6) is 0.248. The highest BCUT2D eigenvalue weighted by atomic mass is 32.1. The molecule has 1 aliphatic rings. The minimum absolute atomic E-state index is 0.215. The fourth-order valence-electron chi connectivity index (χ4n) is 2.42. The molecule has 1 N–H and O–H groups in total. The summed E-state index contributed by atoms with van der Waals surface area (Å²) >= 11 is 1.84. The molecule has 1 aliphatic heterocycles. The predicted molar refractivity (Wildman–Crippen MR) is 85.2 cm³/mol. The quantitative estimate of drug-likeness (QED) is 0.925. The van der Waals surface area contributed by atoms with Gasteiger partial charge in [-0.1, -0.05) is 20.8 Å². The van der Waals surface area contributed by atoms with Crippen LogP contribution in [0.15, 0.2) is 12.1 Å². The fraction of sp³-hybridized carbons (Fsp3) is 0.688. The van der Waals surface area contributed by atoms with E-state index >= 15 is 0 Å². The lowest BCUT2D eigenvalue weighted by Gasteiger charge is -2.26. The summed E-state index contributed by atoms with van der Waals surface area (Å²) in [7, 11) is 0. The van der Waals surface area contributed by atoms with Gasteiger partial charge in [-0.25, -0.2) is 0 Å². The third kappa shape index (κ3) is 4.32. The number of hydrogen-bond donors (Lipinski definition) is 1. The zero-order valence-corrected chi connectivity index (χ0v) is 13.7. The molecule has 1 aromatic rings. The van der Waals surface area contributed by atoms with Gasteiger partial charge in [-0.05, 0) is 36.8 Å². The Bertz CT molecular complexity index is 442. The summed E-state index contributed by atoms with van der Waals surface area (Å²) in [6.07, 6.45) is 3.58. The van der Waals surface area contributed by atoms with Gasteiger partial charge in [0.2, 0.25) is 5.91 Å². The molecular formula is C16H26N2OS. The Labute approximate surface area is 126 Å². The van der Waals surface area contributed by atoms with Crippen LogP contribution in [-0.2, 0) is 16.8 Å². The maximum atomic E-state index is 12.0. The molecule has 112 valence electrons. The second kappa shape index (κ2) is 6.72. The van der Waals surface area contributed by atoms with Gasteiger partial charge in [0, 0.05) is 29.4 Å². The molecule has 0 spiro atoms. The molecule has 0 bridgehead atoms. The molecule has 0 atom stereocenters. The lowest BCUT2D eigenvalue weighted by atomic mass is 9.95.